The van der Waals surface area contributed by atoms with Crippen LogP contribution in [0.15, 0.2) is 4.42 Å². The Hall–Kier alpha value is -2.29. The Kier molecular flexibility index (Phi) is 3.88. The number of carboxylic acids is 1. The van der Waals surface area contributed by atoms with Crippen molar-refractivity contribution in [3.63, 3.8) is 0 Å². The van der Waals surface area contributed by atoms with Gasteiger partial charge in [0.25, 0.3) is 0 Å². The van der Waals surface area contributed by atoms with Gasteiger partial charge in [0.1, 0.15) is 17.4 Å². The van der Waals surface area contributed by atoms with Gasteiger partial charge < -0.3 is 9.52 Å². The van der Waals surface area contributed by atoms with Crippen LogP contribution in [0.4, 0.5) is 5.88 Å². The molecule has 17 heavy (non-hydrogen) atoms. The molecule has 0 unspecified atom stereocenters. The molecule has 0 atom stereocenters. The van der Waals surface area contributed by atoms with Gasteiger partial charge in [0, 0.05) is 12.0 Å². The zero-order valence-corrected chi connectivity index (χ0v) is 9.53. The summed E-state index contributed by atoms with van der Waals surface area (Å²) in [5.74, 6) is -0.905. The van der Waals surface area contributed by atoms with Crippen molar-refractivity contribution in [1.29, 1.82) is 5.26 Å². The average Bonchev–Trinajstić information content (AvgIpc) is 2.51. The molecule has 0 bridgehead atoms. The maximum Gasteiger partial charge on any atom is 0.303 e. The van der Waals surface area contributed by atoms with E-state index in [2.05, 4.69) is 5.32 Å². The van der Waals surface area contributed by atoms with Gasteiger partial charge in [0.2, 0.25) is 11.8 Å². The molecular formula is C11H12N2O4. The third-order valence-electron chi connectivity index (χ3n) is 2.32. The van der Waals surface area contributed by atoms with Crippen LogP contribution in [0.5, 0.6) is 0 Å². The van der Waals surface area contributed by atoms with E-state index in [1.807, 2.05) is 6.07 Å². The third kappa shape index (κ3) is 3.08. The average molecular weight is 236 g/mol. The molecule has 0 aliphatic carbocycles. The Balaban J connectivity index is 2.76. The van der Waals surface area contributed by atoms with E-state index < -0.39 is 11.9 Å². The minimum atomic E-state index is -1.05. The van der Waals surface area contributed by atoms with Gasteiger partial charge in [-0.1, -0.05) is 0 Å². The lowest BCUT2D eigenvalue weighted by molar-refractivity contribution is -0.138. The van der Waals surface area contributed by atoms with Crippen LogP contribution in [-0.2, 0) is 9.59 Å². The number of aryl methyl sites for hydroxylation is 1. The smallest absolute Gasteiger partial charge is 0.303 e. The van der Waals surface area contributed by atoms with Crippen molar-refractivity contribution in [2.75, 3.05) is 5.32 Å². The molecule has 0 radical (unpaired) electrons. The van der Waals surface area contributed by atoms with Crippen molar-refractivity contribution >= 4 is 17.8 Å². The van der Waals surface area contributed by atoms with E-state index in [4.69, 9.17) is 14.8 Å². The van der Waals surface area contributed by atoms with Crippen LogP contribution in [0.1, 0.15) is 29.7 Å². The Bertz CT molecular complexity index is 496. The van der Waals surface area contributed by atoms with Crippen molar-refractivity contribution in [3.8, 4) is 6.07 Å². The highest BCUT2D eigenvalue weighted by Crippen LogP contribution is 2.25. The van der Waals surface area contributed by atoms with E-state index in [0.717, 1.165) is 0 Å². The Morgan fingerprint density at radius 3 is 2.59 bits per heavy atom. The van der Waals surface area contributed by atoms with Crippen LogP contribution in [0.2, 0.25) is 0 Å². The molecule has 1 aromatic heterocycles. The number of nitrogens with one attached hydrogen (secondary N) is 1. The second-order valence-corrected chi connectivity index (χ2v) is 3.54. The zero-order valence-electron chi connectivity index (χ0n) is 9.53. The van der Waals surface area contributed by atoms with Gasteiger partial charge in [-0.2, -0.15) is 5.26 Å². The summed E-state index contributed by atoms with van der Waals surface area (Å²) in [5, 5.41) is 19.7. The van der Waals surface area contributed by atoms with Crippen molar-refractivity contribution in [2.24, 2.45) is 0 Å². The molecule has 0 aliphatic rings. The molecule has 1 aromatic rings. The molecule has 6 heteroatoms. The molecule has 1 rings (SSSR count). The summed E-state index contributed by atoms with van der Waals surface area (Å²) in [7, 11) is 0. The number of aliphatic carboxylic acids is 1. The highest BCUT2D eigenvalue weighted by molar-refractivity contribution is 5.92. The third-order valence-corrected chi connectivity index (χ3v) is 2.32. The summed E-state index contributed by atoms with van der Waals surface area (Å²) in [6.45, 7) is 3.40. The van der Waals surface area contributed by atoms with E-state index in [1.54, 1.807) is 13.8 Å². The van der Waals surface area contributed by atoms with Crippen LogP contribution < -0.4 is 5.32 Å². The lowest BCUT2D eigenvalue weighted by Crippen LogP contribution is -2.13. The van der Waals surface area contributed by atoms with Crippen LogP contribution in [-0.4, -0.2) is 17.0 Å². The quantitative estimate of drug-likeness (QED) is 0.825. The van der Waals surface area contributed by atoms with E-state index in [0.29, 0.717) is 11.3 Å². The number of furan rings is 1. The van der Waals surface area contributed by atoms with Gasteiger partial charge in [-0.05, 0) is 13.8 Å². The number of nitriles is 1. The Morgan fingerprint density at radius 2 is 2.06 bits per heavy atom. The maximum absolute atomic E-state index is 11.4. The fourth-order valence-electron chi connectivity index (χ4n) is 1.26. The first-order valence-corrected chi connectivity index (χ1v) is 4.97. The van der Waals surface area contributed by atoms with Gasteiger partial charge >= 0.3 is 5.97 Å². The zero-order chi connectivity index (χ0) is 13.0. The summed E-state index contributed by atoms with van der Waals surface area (Å²) >= 11 is 0. The number of anilines is 1. The van der Waals surface area contributed by atoms with Crippen molar-refractivity contribution in [2.45, 2.75) is 26.7 Å². The normalized spacial score (nSPS) is 9.71. The predicted octanol–water partition coefficient (Wildman–Crippen LogP) is 1.57. The molecular weight excluding hydrogens is 224 g/mol. The second-order valence-electron chi connectivity index (χ2n) is 3.54. The number of rotatable bonds is 4. The molecule has 1 amide bonds. The fraction of sp³-hybridized carbons (Fsp3) is 0.364. The lowest BCUT2D eigenvalue weighted by Gasteiger charge is -2.00. The summed E-state index contributed by atoms with van der Waals surface area (Å²) in [5.41, 5.74) is 0.937. The fourth-order valence-corrected chi connectivity index (χ4v) is 1.26. The number of carboxylic acid groups (broad SMARTS) is 1. The molecule has 6 nitrogen and oxygen atoms in total. The van der Waals surface area contributed by atoms with E-state index in [-0.39, 0.29) is 24.3 Å². The number of amides is 1. The summed E-state index contributed by atoms with van der Waals surface area (Å²) in [4.78, 5) is 21.6. The van der Waals surface area contributed by atoms with Crippen LogP contribution >= 0.6 is 0 Å². The van der Waals surface area contributed by atoms with E-state index in [1.165, 1.54) is 0 Å². The van der Waals surface area contributed by atoms with Crippen molar-refractivity contribution < 1.29 is 19.1 Å². The summed E-state index contributed by atoms with van der Waals surface area (Å²) in [6, 6.07) is 1.93. The first-order valence-electron chi connectivity index (χ1n) is 4.97. The van der Waals surface area contributed by atoms with Gasteiger partial charge in [-0.25, -0.2) is 0 Å². The highest BCUT2D eigenvalue weighted by Gasteiger charge is 2.16. The van der Waals surface area contributed by atoms with E-state index >= 15 is 0 Å². The number of hydrogen-bond donors (Lipinski definition) is 2. The van der Waals surface area contributed by atoms with Gasteiger partial charge in [-0.3, -0.25) is 14.9 Å². The van der Waals surface area contributed by atoms with E-state index in [9.17, 15) is 9.59 Å². The first kappa shape index (κ1) is 12.8. The molecule has 0 saturated heterocycles. The molecule has 0 aromatic carbocycles. The number of hydrogen-bond acceptors (Lipinski definition) is 4. The molecule has 0 saturated carbocycles. The Morgan fingerprint density at radius 1 is 1.41 bits per heavy atom. The van der Waals surface area contributed by atoms with Crippen molar-refractivity contribution in [3.05, 3.63) is 16.9 Å². The van der Waals surface area contributed by atoms with Crippen LogP contribution in [0, 0.1) is 25.2 Å². The highest BCUT2D eigenvalue weighted by atomic mass is 16.4. The summed E-state index contributed by atoms with van der Waals surface area (Å²) in [6.07, 6.45) is -0.411. The first-order chi connectivity index (χ1) is 7.95. The minimum Gasteiger partial charge on any atom is -0.481 e. The van der Waals surface area contributed by atoms with Gasteiger partial charge in [0.15, 0.2) is 0 Å². The van der Waals surface area contributed by atoms with Gasteiger partial charge in [0.05, 0.1) is 6.42 Å². The molecule has 0 spiro atoms. The second kappa shape index (κ2) is 5.16. The SMILES string of the molecule is Cc1oc(NC(=O)CCC(=O)O)c(C#N)c1C. The molecule has 1 heterocycles. The molecule has 90 valence electrons. The standard InChI is InChI=1S/C11H12N2O4/c1-6-7(2)17-11(8(6)5-12)13-9(14)3-4-10(15)16/h3-4H2,1-2H3,(H,13,14)(H,15,16). The number of carbonyl (C=O) groups excluding carboxylic acids is 1. The monoisotopic (exact) mass is 236 g/mol. The molecule has 0 aliphatic heterocycles. The van der Waals surface area contributed by atoms with Gasteiger partial charge in [-0.15, -0.1) is 0 Å². The number of carbonyl (C=O) groups is 2. The summed E-state index contributed by atoms with van der Waals surface area (Å²) < 4.78 is 5.21. The van der Waals surface area contributed by atoms with Crippen molar-refractivity contribution in [1.82, 2.24) is 0 Å². The lowest BCUT2D eigenvalue weighted by atomic mass is 10.2. The topological polar surface area (TPSA) is 103 Å². The largest absolute Gasteiger partial charge is 0.481 e. The minimum absolute atomic E-state index is 0.0814. The van der Waals surface area contributed by atoms with Crippen LogP contribution in [0.3, 0.4) is 0 Å². The Labute approximate surface area is 97.8 Å². The predicted molar refractivity (Wildman–Crippen MR) is 58.4 cm³/mol. The molecule has 2 N–H and O–H groups in total. The maximum atomic E-state index is 11.4. The number of nitrogens with zero attached hydrogens (tertiary/aromatic N) is 1. The molecule has 0 fully saturated rings. The van der Waals surface area contributed by atoms with Crippen LogP contribution in [0.25, 0.3) is 0 Å².